The second-order valence-electron chi connectivity index (χ2n) is 7.18. The summed E-state index contributed by atoms with van der Waals surface area (Å²) in [6, 6.07) is 16.9. The summed E-state index contributed by atoms with van der Waals surface area (Å²) in [6.07, 6.45) is -0.637. The molecule has 2 aliphatic heterocycles. The topological polar surface area (TPSA) is 94.7 Å². The van der Waals surface area contributed by atoms with E-state index in [1.54, 1.807) is 7.11 Å². The van der Waals surface area contributed by atoms with Crippen LogP contribution >= 0.6 is 0 Å². The number of ether oxygens (including phenoxy) is 1. The molecule has 4 rings (SSSR count). The molecule has 8 nitrogen and oxygen atoms in total. The summed E-state index contributed by atoms with van der Waals surface area (Å²) in [6.45, 7) is 1.35. The van der Waals surface area contributed by atoms with Gasteiger partial charge < -0.3 is 10.1 Å². The fourth-order valence-corrected chi connectivity index (χ4v) is 3.65. The molecule has 2 heterocycles. The van der Waals surface area contributed by atoms with Crippen molar-refractivity contribution in [2.45, 2.75) is 25.5 Å². The molecule has 0 bridgehead atoms. The number of fused-ring (bicyclic) bond motifs is 1. The first-order chi connectivity index (χ1) is 14.1. The lowest BCUT2D eigenvalue weighted by atomic mass is 9.99. The minimum Gasteiger partial charge on any atom is -0.497 e. The Morgan fingerprint density at radius 1 is 1.10 bits per heavy atom. The van der Waals surface area contributed by atoms with Gasteiger partial charge in [-0.3, -0.25) is 25.6 Å². The molecule has 0 saturated carbocycles. The zero-order valence-corrected chi connectivity index (χ0v) is 16.2. The number of rotatable bonds is 6. The minimum absolute atomic E-state index is 0.172. The summed E-state index contributed by atoms with van der Waals surface area (Å²) in [5, 5.41) is 12.8. The van der Waals surface area contributed by atoms with Crippen molar-refractivity contribution in [1.82, 2.24) is 26.2 Å². The number of benzene rings is 2. The molecule has 2 aromatic carbocycles. The predicted molar refractivity (Wildman–Crippen MR) is 108 cm³/mol. The van der Waals surface area contributed by atoms with Gasteiger partial charge in [-0.05, 0) is 23.3 Å². The lowest BCUT2D eigenvalue weighted by Gasteiger charge is -2.43. The van der Waals surface area contributed by atoms with Gasteiger partial charge in [-0.25, -0.2) is 4.79 Å². The van der Waals surface area contributed by atoms with E-state index in [0.717, 1.165) is 16.9 Å². The zero-order chi connectivity index (χ0) is 20.2. The number of amides is 3. The molecule has 3 unspecified atom stereocenters. The van der Waals surface area contributed by atoms with E-state index in [2.05, 4.69) is 21.3 Å². The Morgan fingerprint density at radius 2 is 1.90 bits per heavy atom. The van der Waals surface area contributed by atoms with Crippen LogP contribution in [-0.4, -0.2) is 42.9 Å². The molecular weight excluding hydrogens is 370 g/mol. The predicted octanol–water partition coefficient (Wildman–Crippen LogP) is 0.956. The maximum absolute atomic E-state index is 12.9. The fourth-order valence-electron chi connectivity index (χ4n) is 3.65. The Labute approximate surface area is 169 Å². The number of hydrogen-bond donors (Lipinski definition) is 4. The van der Waals surface area contributed by atoms with Crippen LogP contribution in [0.25, 0.3) is 0 Å². The van der Waals surface area contributed by atoms with E-state index in [4.69, 9.17) is 4.74 Å². The van der Waals surface area contributed by atoms with Crippen molar-refractivity contribution in [2.24, 2.45) is 5.92 Å². The van der Waals surface area contributed by atoms with Gasteiger partial charge in [-0.2, -0.15) is 0 Å². The highest BCUT2D eigenvalue weighted by Crippen LogP contribution is 2.19. The van der Waals surface area contributed by atoms with Gasteiger partial charge in [-0.15, -0.1) is 0 Å². The summed E-state index contributed by atoms with van der Waals surface area (Å²) in [5.41, 5.74) is 2.00. The van der Waals surface area contributed by atoms with Crippen molar-refractivity contribution < 1.29 is 14.3 Å². The largest absolute Gasteiger partial charge is 0.497 e. The average molecular weight is 395 g/mol. The van der Waals surface area contributed by atoms with Gasteiger partial charge >= 0.3 is 6.03 Å². The number of methoxy groups -OCH3 is 1. The lowest BCUT2D eigenvalue weighted by Crippen LogP contribution is -2.74. The molecule has 29 heavy (non-hydrogen) atoms. The third-order valence-electron chi connectivity index (χ3n) is 5.23. The lowest BCUT2D eigenvalue weighted by molar-refractivity contribution is -0.137. The number of nitrogens with one attached hydrogen (secondary N) is 4. The van der Waals surface area contributed by atoms with E-state index in [0.29, 0.717) is 13.1 Å². The molecular formula is C21H25N5O3. The monoisotopic (exact) mass is 395 g/mol. The first-order valence-electron chi connectivity index (χ1n) is 9.65. The van der Waals surface area contributed by atoms with Crippen LogP contribution in [0.5, 0.6) is 5.75 Å². The Balaban J connectivity index is 1.35. The Morgan fingerprint density at radius 3 is 2.69 bits per heavy atom. The molecule has 152 valence electrons. The molecule has 2 aliphatic rings. The van der Waals surface area contributed by atoms with Crippen molar-refractivity contribution >= 4 is 11.9 Å². The summed E-state index contributed by atoms with van der Waals surface area (Å²) in [7, 11) is 1.64. The molecule has 2 saturated heterocycles. The van der Waals surface area contributed by atoms with Gasteiger partial charge in [0.05, 0.1) is 25.7 Å². The number of carbonyl (C=O) groups excluding carboxylic acids is 2. The van der Waals surface area contributed by atoms with E-state index < -0.39 is 6.17 Å². The van der Waals surface area contributed by atoms with Gasteiger partial charge in [0.2, 0.25) is 5.91 Å². The highest BCUT2D eigenvalue weighted by atomic mass is 16.5. The van der Waals surface area contributed by atoms with Gasteiger partial charge in [0, 0.05) is 13.1 Å². The highest BCUT2D eigenvalue weighted by molar-refractivity contribution is 5.98. The SMILES string of the molecule is COc1cccc(CNC2NCC3C(=O)N(Cc4ccccc4)C(=O)NC3N2)c1. The third kappa shape index (κ3) is 4.40. The van der Waals surface area contributed by atoms with E-state index in [9.17, 15) is 9.59 Å². The smallest absolute Gasteiger partial charge is 0.325 e. The van der Waals surface area contributed by atoms with Crippen LogP contribution in [0.15, 0.2) is 54.6 Å². The highest BCUT2D eigenvalue weighted by Gasteiger charge is 2.43. The van der Waals surface area contributed by atoms with Gasteiger partial charge in [0.15, 0.2) is 0 Å². The summed E-state index contributed by atoms with van der Waals surface area (Å²) in [4.78, 5) is 26.7. The van der Waals surface area contributed by atoms with Crippen LogP contribution in [0.1, 0.15) is 11.1 Å². The molecule has 0 radical (unpaired) electrons. The van der Waals surface area contributed by atoms with Crippen LogP contribution in [0.4, 0.5) is 4.79 Å². The summed E-state index contributed by atoms with van der Waals surface area (Å²) >= 11 is 0. The molecule has 0 aromatic heterocycles. The Hall–Kier alpha value is -2.94. The van der Waals surface area contributed by atoms with Crippen LogP contribution in [-0.2, 0) is 17.9 Å². The van der Waals surface area contributed by atoms with Crippen molar-refractivity contribution in [2.75, 3.05) is 13.7 Å². The van der Waals surface area contributed by atoms with Crippen LogP contribution in [0, 0.1) is 5.92 Å². The van der Waals surface area contributed by atoms with E-state index in [1.165, 1.54) is 4.90 Å². The maximum Gasteiger partial charge on any atom is 0.325 e. The van der Waals surface area contributed by atoms with Crippen LogP contribution in [0.2, 0.25) is 0 Å². The molecule has 4 N–H and O–H groups in total. The molecule has 3 atom stereocenters. The number of carbonyl (C=O) groups is 2. The Bertz CT molecular complexity index is 876. The molecule has 2 aromatic rings. The summed E-state index contributed by atoms with van der Waals surface area (Å²) in [5.74, 6) is 0.276. The first-order valence-corrected chi connectivity index (χ1v) is 9.65. The standard InChI is InChI=1S/C21H25N5O3/c1-29-16-9-5-8-15(10-16)11-22-20-23-12-17-18(24-20)25-21(28)26(19(17)27)13-14-6-3-2-4-7-14/h2-10,17-18,20,22-24H,11-13H2,1H3,(H,25,28). The van der Waals surface area contributed by atoms with Crippen LogP contribution in [0.3, 0.4) is 0 Å². The number of imide groups is 1. The molecule has 3 amide bonds. The van der Waals surface area contributed by atoms with Crippen molar-refractivity contribution in [3.05, 3.63) is 65.7 Å². The van der Waals surface area contributed by atoms with Gasteiger partial charge in [0.1, 0.15) is 12.0 Å². The molecule has 2 fully saturated rings. The molecule has 0 spiro atoms. The quantitative estimate of drug-likeness (QED) is 0.582. The second kappa shape index (κ2) is 8.60. The van der Waals surface area contributed by atoms with Crippen molar-refractivity contribution in [3.63, 3.8) is 0 Å². The van der Waals surface area contributed by atoms with Crippen molar-refractivity contribution in [1.29, 1.82) is 0 Å². The van der Waals surface area contributed by atoms with E-state index in [1.807, 2.05) is 54.6 Å². The summed E-state index contributed by atoms with van der Waals surface area (Å²) < 4.78 is 5.24. The molecule has 0 aliphatic carbocycles. The number of nitrogens with zero attached hydrogens (tertiary/aromatic N) is 1. The normalized spacial score (nSPS) is 24.0. The fraction of sp³-hybridized carbons (Fsp3) is 0.333. The zero-order valence-electron chi connectivity index (χ0n) is 16.2. The first kappa shape index (κ1) is 19.4. The number of hydrogen-bond acceptors (Lipinski definition) is 6. The van der Waals surface area contributed by atoms with Crippen LogP contribution < -0.4 is 26.0 Å². The average Bonchev–Trinajstić information content (AvgIpc) is 2.76. The number of urea groups is 1. The Kier molecular flexibility index (Phi) is 5.75. The third-order valence-corrected chi connectivity index (χ3v) is 5.23. The van der Waals surface area contributed by atoms with Crippen molar-refractivity contribution in [3.8, 4) is 5.75 Å². The molecule has 8 heteroatoms. The van der Waals surface area contributed by atoms with E-state index >= 15 is 0 Å². The van der Waals surface area contributed by atoms with E-state index in [-0.39, 0.29) is 30.7 Å². The second-order valence-corrected chi connectivity index (χ2v) is 7.18. The minimum atomic E-state index is -0.411. The van der Waals surface area contributed by atoms with Gasteiger partial charge in [-0.1, -0.05) is 42.5 Å². The van der Waals surface area contributed by atoms with Gasteiger partial charge in [0.25, 0.3) is 0 Å². The maximum atomic E-state index is 12.9.